The molecule has 0 atom stereocenters. The highest BCUT2D eigenvalue weighted by Gasteiger charge is 2.19. The first-order chi connectivity index (χ1) is 12.8. The maximum absolute atomic E-state index is 12.5. The standard InChI is InChI=1S/C20H22N2O3S/c23-20(4-2-16-1-3-18-19(13-16)25-11-10-24-18)22-8-6-21(7-9-22)14-17-5-12-26-15-17/h1-5,12-13,15H,6-11,14H2/b4-2+. The number of carbonyl (C=O) groups excluding carboxylic acids is 1. The van der Waals surface area contributed by atoms with Crippen LogP contribution in [0.5, 0.6) is 11.5 Å². The van der Waals surface area contributed by atoms with Crippen molar-refractivity contribution in [1.29, 1.82) is 0 Å². The van der Waals surface area contributed by atoms with E-state index in [2.05, 4.69) is 21.7 Å². The fraction of sp³-hybridized carbons (Fsp3) is 0.350. The second kappa shape index (κ2) is 7.93. The summed E-state index contributed by atoms with van der Waals surface area (Å²) >= 11 is 1.73. The molecule has 1 saturated heterocycles. The minimum atomic E-state index is 0.0649. The Kier molecular flexibility index (Phi) is 5.22. The highest BCUT2D eigenvalue weighted by atomic mass is 32.1. The molecule has 0 N–H and O–H groups in total. The molecule has 0 spiro atoms. The predicted octanol–water partition coefficient (Wildman–Crippen LogP) is 2.88. The molecule has 6 heteroatoms. The van der Waals surface area contributed by atoms with Crippen LogP contribution >= 0.6 is 11.3 Å². The van der Waals surface area contributed by atoms with E-state index in [1.165, 1.54) is 5.56 Å². The van der Waals surface area contributed by atoms with Crippen LogP contribution in [-0.2, 0) is 11.3 Å². The second-order valence-corrected chi connectivity index (χ2v) is 7.25. The molecule has 2 aliphatic rings. The summed E-state index contributed by atoms with van der Waals surface area (Å²) in [5.41, 5.74) is 2.30. The van der Waals surface area contributed by atoms with Gasteiger partial charge in [0.05, 0.1) is 0 Å². The maximum Gasteiger partial charge on any atom is 0.246 e. The number of benzene rings is 1. The molecule has 2 aromatic rings. The van der Waals surface area contributed by atoms with Gasteiger partial charge in [0.25, 0.3) is 0 Å². The van der Waals surface area contributed by atoms with E-state index in [0.717, 1.165) is 49.8 Å². The Hall–Kier alpha value is -2.31. The van der Waals surface area contributed by atoms with Gasteiger partial charge < -0.3 is 14.4 Å². The van der Waals surface area contributed by atoms with Gasteiger partial charge in [-0.25, -0.2) is 0 Å². The van der Waals surface area contributed by atoms with Crippen LogP contribution in [0.3, 0.4) is 0 Å². The first kappa shape index (κ1) is 17.1. The third-order valence-corrected chi connectivity index (χ3v) is 5.39. The minimum absolute atomic E-state index is 0.0649. The zero-order valence-corrected chi connectivity index (χ0v) is 15.4. The monoisotopic (exact) mass is 370 g/mol. The molecule has 0 bridgehead atoms. The number of piperazine rings is 1. The molecule has 3 heterocycles. The van der Waals surface area contributed by atoms with Crippen molar-refractivity contribution in [3.8, 4) is 11.5 Å². The molecule has 1 aromatic carbocycles. The van der Waals surface area contributed by atoms with Crippen molar-refractivity contribution in [2.24, 2.45) is 0 Å². The van der Waals surface area contributed by atoms with Crippen LogP contribution in [0.1, 0.15) is 11.1 Å². The van der Waals surface area contributed by atoms with Gasteiger partial charge in [-0.05, 0) is 46.2 Å². The van der Waals surface area contributed by atoms with Crippen LogP contribution in [0.15, 0.2) is 41.1 Å². The van der Waals surface area contributed by atoms with Gasteiger partial charge >= 0.3 is 0 Å². The van der Waals surface area contributed by atoms with Crippen molar-refractivity contribution in [1.82, 2.24) is 9.80 Å². The highest BCUT2D eigenvalue weighted by Crippen LogP contribution is 2.31. The number of hydrogen-bond donors (Lipinski definition) is 0. The highest BCUT2D eigenvalue weighted by molar-refractivity contribution is 7.07. The van der Waals surface area contributed by atoms with Crippen molar-refractivity contribution >= 4 is 23.3 Å². The molecule has 1 aromatic heterocycles. The van der Waals surface area contributed by atoms with E-state index in [-0.39, 0.29) is 5.91 Å². The molecule has 0 unspecified atom stereocenters. The molecule has 26 heavy (non-hydrogen) atoms. The van der Waals surface area contributed by atoms with E-state index in [1.54, 1.807) is 17.4 Å². The number of hydrogen-bond acceptors (Lipinski definition) is 5. The molecule has 5 nitrogen and oxygen atoms in total. The van der Waals surface area contributed by atoms with Crippen LogP contribution in [0.4, 0.5) is 0 Å². The van der Waals surface area contributed by atoms with Gasteiger partial charge in [-0.3, -0.25) is 9.69 Å². The number of nitrogens with zero attached hydrogens (tertiary/aromatic N) is 2. The maximum atomic E-state index is 12.5. The van der Waals surface area contributed by atoms with Crippen molar-refractivity contribution in [2.45, 2.75) is 6.54 Å². The summed E-state index contributed by atoms with van der Waals surface area (Å²) < 4.78 is 11.1. The predicted molar refractivity (Wildman–Crippen MR) is 103 cm³/mol. The Labute approximate surface area is 157 Å². The minimum Gasteiger partial charge on any atom is -0.486 e. The van der Waals surface area contributed by atoms with Crippen LogP contribution in [0.2, 0.25) is 0 Å². The lowest BCUT2D eigenvalue weighted by Gasteiger charge is -2.34. The average molecular weight is 370 g/mol. The SMILES string of the molecule is O=C(/C=C/c1ccc2c(c1)OCCO2)N1CCN(Cc2ccsc2)CC1. The average Bonchev–Trinajstić information content (AvgIpc) is 3.19. The fourth-order valence-corrected chi connectivity index (χ4v) is 3.86. The number of fused-ring (bicyclic) bond motifs is 1. The second-order valence-electron chi connectivity index (χ2n) is 6.47. The largest absolute Gasteiger partial charge is 0.486 e. The van der Waals surface area contributed by atoms with Gasteiger partial charge in [-0.15, -0.1) is 0 Å². The quantitative estimate of drug-likeness (QED) is 0.776. The zero-order chi connectivity index (χ0) is 17.8. The molecule has 0 saturated carbocycles. The summed E-state index contributed by atoms with van der Waals surface area (Å²) in [5.74, 6) is 1.57. The molecule has 0 radical (unpaired) electrons. The molecule has 1 fully saturated rings. The van der Waals surface area contributed by atoms with Crippen LogP contribution in [0.25, 0.3) is 6.08 Å². The van der Waals surface area contributed by atoms with E-state index < -0.39 is 0 Å². The van der Waals surface area contributed by atoms with Gasteiger partial charge in [0.1, 0.15) is 13.2 Å². The van der Waals surface area contributed by atoms with Gasteiger partial charge in [0, 0.05) is 38.8 Å². The summed E-state index contributed by atoms with van der Waals surface area (Å²) in [6.45, 7) is 5.49. The van der Waals surface area contributed by atoms with Crippen LogP contribution < -0.4 is 9.47 Å². The van der Waals surface area contributed by atoms with E-state index in [9.17, 15) is 4.79 Å². The Morgan fingerprint density at radius 1 is 1.08 bits per heavy atom. The summed E-state index contributed by atoms with van der Waals surface area (Å²) in [6, 6.07) is 7.91. The molecule has 1 amide bonds. The molecule has 136 valence electrons. The topological polar surface area (TPSA) is 42.0 Å². The Morgan fingerprint density at radius 3 is 2.65 bits per heavy atom. The van der Waals surface area contributed by atoms with E-state index >= 15 is 0 Å². The van der Waals surface area contributed by atoms with Crippen molar-refractivity contribution < 1.29 is 14.3 Å². The smallest absolute Gasteiger partial charge is 0.246 e. The molecule has 0 aliphatic carbocycles. The molecule has 4 rings (SSSR count). The van der Waals surface area contributed by atoms with Crippen LogP contribution in [-0.4, -0.2) is 55.1 Å². The Bertz CT molecular complexity index is 780. The molecular weight excluding hydrogens is 348 g/mol. The first-order valence-corrected chi connectivity index (χ1v) is 9.82. The number of amides is 1. The Balaban J connectivity index is 1.30. The first-order valence-electron chi connectivity index (χ1n) is 8.88. The lowest BCUT2D eigenvalue weighted by molar-refractivity contribution is -0.127. The Morgan fingerprint density at radius 2 is 1.88 bits per heavy atom. The van der Waals surface area contributed by atoms with Crippen molar-refractivity contribution in [2.75, 3.05) is 39.4 Å². The summed E-state index contributed by atoms with van der Waals surface area (Å²) in [6.07, 6.45) is 3.50. The van der Waals surface area contributed by atoms with E-state index in [1.807, 2.05) is 29.2 Å². The zero-order valence-electron chi connectivity index (χ0n) is 14.6. The number of ether oxygens (including phenoxy) is 2. The lowest BCUT2D eigenvalue weighted by Crippen LogP contribution is -2.47. The molecule has 2 aliphatic heterocycles. The van der Waals surface area contributed by atoms with Gasteiger partial charge in [0.2, 0.25) is 5.91 Å². The number of thiophene rings is 1. The normalized spacial score (nSPS) is 17.6. The van der Waals surface area contributed by atoms with Gasteiger partial charge in [-0.2, -0.15) is 11.3 Å². The number of carbonyl (C=O) groups is 1. The lowest BCUT2D eigenvalue weighted by atomic mass is 10.1. The van der Waals surface area contributed by atoms with Crippen molar-refractivity contribution in [3.05, 3.63) is 52.2 Å². The molecular formula is C20H22N2O3S. The summed E-state index contributed by atoms with van der Waals surface area (Å²) in [7, 11) is 0. The van der Waals surface area contributed by atoms with Crippen molar-refractivity contribution in [3.63, 3.8) is 0 Å². The third-order valence-electron chi connectivity index (χ3n) is 4.65. The summed E-state index contributed by atoms with van der Waals surface area (Å²) in [4.78, 5) is 16.8. The van der Waals surface area contributed by atoms with Crippen LogP contribution in [0, 0.1) is 0 Å². The fourth-order valence-electron chi connectivity index (χ4n) is 3.20. The van der Waals surface area contributed by atoms with E-state index in [4.69, 9.17) is 9.47 Å². The van der Waals surface area contributed by atoms with Gasteiger partial charge in [-0.1, -0.05) is 6.07 Å². The third kappa shape index (κ3) is 4.08. The number of rotatable bonds is 4. The summed E-state index contributed by atoms with van der Waals surface area (Å²) in [5, 5.41) is 4.30. The van der Waals surface area contributed by atoms with E-state index in [0.29, 0.717) is 13.2 Å². The van der Waals surface area contributed by atoms with Gasteiger partial charge in [0.15, 0.2) is 11.5 Å².